The van der Waals surface area contributed by atoms with Crippen molar-refractivity contribution in [3.05, 3.63) is 70.5 Å². The maximum Gasteiger partial charge on any atom is 0.250 e. The molecule has 1 fully saturated rings. The minimum atomic E-state index is -0.336. The highest BCUT2D eigenvalue weighted by molar-refractivity contribution is 5.98. The quantitative estimate of drug-likeness (QED) is 0.730. The molecular formula is C22H24N4O4. The predicted molar refractivity (Wildman–Crippen MR) is 110 cm³/mol. The third kappa shape index (κ3) is 4.18. The summed E-state index contributed by atoms with van der Waals surface area (Å²) in [6.07, 6.45) is 6.48. The van der Waals surface area contributed by atoms with Crippen LogP contribution in [0.4, 0.5) is 0 Å². The van der Waals surface area contributed by atoms with E-state index in [9.17, 15) is 14.4 Å². The SMILES string of the molecule is COc1ccc(C(=O)C2CCN(C3C=CN(Cc4nccc(=O)[nH]4)C3=O)CC2)cc1. The summed E-state index contributed by atoms with van der Waals surface area (Å²) in [6.45, 7) is 1.59. The number of carbonyl (C=O) groups is 2. The summed E-state index contributed by atoms with van der Waals surface area (Å²) in [7, 11) is 1.60. The molecule has 1 aromatic carbocycles. The van der Waals surface area contributed by atoms with Crippen molar-refractivity contribution >= 4 is 11.7 Å². The van der Waals surface area contributed by atoms with Crippen LogP contribution in [0.2, 0.25) is 0 Å². The second-order valence-electron chi connectivity index (χ2n) is 7.54. The number of likely N-dealkylation sites (tertiary alicyclic amines) is 1. The van der Waals surface area contributed by atoms with Gasteiger partial charge in [0.2, 0.25) is 5.91 Å². The number of rotatable bonds is 6. The summed E-state index contributed by atoms with van der Waals surface area (Å²) < 4.78 is 5.15. The van der Waals surface area contributed by atoms with E-state index in [1.54, 1.807) is 42.5 Å². The van der Waals surface area contributed by atoms with Crippen molar-refractivity contribution in [3.63, 3.8) is 0 Å². The smallest absolute Gasteiger partial charge is 0.250 e. The average Bonchev–Trinajstić information content (AvgIpc) is 3.13. The molecule has 1 N–H and O–H groups in total. The monoisotopic (exact) mass is 408 g/mol. The van der Waals surface area contributed by atoms with Gasteiger partial charge < -0.3 is 14.6 Å². The zero-order valence-corrected chi connectivity index (χ0v) is 16.8. The first kappa shape index (κ1) is 20.0. The number of methoxy groups -OCH3 is 1. The molecule has 0 aliphatic carbocycles. The fourth-order valence-corrected chi connectivity index (χ4v) is 4.00. The van der Waals surface area contributed by atoms with Gasteiger partial charge in [0.15, 0.2) is 5.78 Å². The molecule has 1 saturated heterocycles. The van der Waals surface area contributed by atoms with E-state index in [2.05, 4.69) is 14.9 Å². The molecule has 8 nitrogen and oxygen atoms in total. The first-order valence-electron chi connectivity index (χ1n) is 10.0. The van der Waals surface area contributed by atoms with Crippen LogP contribution < -0.4 is 10.3 Å². The van der Waals surface area contributed by atoms with E-state index in [0.29, 0.717) is 24.5 Å². The highest BCUT2D eigenvalue weighted by Gasteiger charge is 2.35. The van der Waals surface area contributed by atoms with E-state index in [1.807, 2.05) is 6.08 Å². The summed E-state index contributed by atoms with van der Waals surface area (Å²) in [5.41, 5.74) is 0.456. The predicted octanol–water partition coefficient (Wildman–Crippen LogP) is 1.60. The van der Waals surface area contributed by atoms with Crippen molar-refractivity contribution in [2.24, 2.45) is 5.92 Å². The van der Waals surface area contributed by atoms with Crippen LogP contribution in [0.15, 0.2) is 53.6 Å². The minimum absolute atomic E-state index is 0.0372. The fourth-order valence-electron chi connectivity index (χ4n) is 4.00. The Kier molecular flexibility index (Phi) is 5.76. The number of ketones is 1. The van der Waals surface area contributed by atoms with Gasteiger partial charge in [-0.2, -0.15) is 0 Å². The number of aromatic nitrogens is 2. The molecule has 2 aliphatic rings. The van der Waals surface area contributed by atoms with E-state index in [4.69, 9.17) is 4.74 Å². The Morgan fingerprint density at radius 2 is 1.90 bits per heavy atom. The first-order valence-corrected chi connectivity index (χ1v) is 10.0. The number of carbonyl (C=O) groups excluding carboxylic acids is 2. The number of nitrogens with one attached hydrogen (secondary N) is 1. The second-order valence-corrected chi connectivity index (χ2v) is 7.54. The van der Waals surface area contributed by atoms with Crippen LogP contribution in [-0.2, 0) is 11.3 Å². The number of aromatic amines is 1. The Labute approximate surface area is 174 Å². The van der Waals surface area contributed by atoms with Crippen molar-refractivity contribution < 1.29 is 14.3 Å². The highest BCUT2D eigenvalue weighted by Crippen LogP contribution is 2.26. The summed E-state index contributed by atoms with van der Waals surface area (Å²) in [5, 5.41) is 0. The van der Waals surface area contributed by atoms with Crippen LogP contribution in [0, 0.1) is 5.92 Å². The molecule has 0 spiro atoms. The zero-order chi connectivity index (χ0) is 21.1. The van der Waals surface area contributed by atoms with Gasteiger partial charge in [-0.3, -0.25) is 19.3 Å². The molecule has 1 unspecified atom stereocenters. The van der Waals surface area contributed by atoms with E-state index in [1.165, 1.54) is 12.3 Å². The molecule has 4 rings (SSSR count). The summed E-state index contributed by atoms with van der Waals surface area (Å²) in [5.74, 6) is 1.25. The van der Waals surface area contributed by atoms with Gasteiger partial charge in [-0.15, -0.1) is 0 Å². The Bertz CT molecular complexity index is 1010. The molecule has 0 saturated carbocycles. The first-order chi connectivity index (χ1) is 14.5. The summed E-state index contributed by atoms with van der Waals surface area (Å²) in [6, 6.07) is 8.21. The van der Waals surface area contributed by atoms with Crippen molar-refractivity contribution in [2.75, 3.05) is 20.2 Å². The average molecular weight is 408 g/mol. The van der Waals surface area contributed by atoms with Crippen LogP contribution in [0.3, 0.4) is 0 Å². The molecule has 1 aromatic heterocycles. The number of piperidine rings is 1. The largest absolute Gasteiger partial charge is 0.497 e. The highest BCUT2D eigenvalue weighted by atomic mass is 16.5. The number of amides is 1. The lowest BCUT2D eigenvalue weighted by atomic mass is 9.88. The minimum Gasteiger partial charge on any atom is -0.497 e. The molecule has 1 amide bonds. The maximum absolute atomic E-state index is 12.8. The van der Waals surface area contributed by atoms with E-state index >= 15 is 0 Å². The lowest BCUT2D eigenvalue weighted by Crippen LogP contribution is -2.47. The molecule has 0 bridgehead atoms. The van der Waals surface area contributed by atoms with Gasteiger partial charge in [0.1, 0.15) is 17.6 Å². The van der Waals surface area contributed by atoms with Gasteiger partial charge in [-0.05, 0) is 56.3 Å². The van der Waals surface area contributed by atoms with E-state index < -0.39 is 0 Å². The zero-order valence-electron chi connectivity index (χ0n) is 16.8. The van der Waals surface area contributed by atoms with Crippen molar-refractivity contribution in [3.8, 4) is 5.75 Å². The van der Waals surface area contributed by atoms with Gasteiger partial charge in [0.25, 0.3) is 5.56 Å². The van der Waals surface area contributed by atoms with Crippen molar-refractivity contribution in [1.29, 1.82) is 0 Å². The standard InChI is InChI=1S/C22H24N4O4/c1-30-17-4-2-15(3-5-17)21(28)16-7-11-25(12-8-16)18-9-13-26(22(18)29)14-19-23-10-6-20(27)24-19/h2-6,9-10,13,16,18H,7-8,11-12,14H2,1H3,(H,23,24,27). The normalized spacial score (nSPS) is 20.0. The van der Waals surface area contributed by atoms with Crippen molar-refractivity contribution in [1.82, 2.24) is 19.8 Å². The maximum atomic E-state index is 12.8. The van der Waals surface area contributed by atoms with Gasteiger partial charge in [-0.1, -0.05) is 0 Å². The van der Waals surface area contributed by atoms with Crippen LogP contribution >= 0.6 is 0 Å². The van der Waals surface area contributed by atoms with Crippen LogP contribution in [-0.4, -0.2) is 57.7 Å². The summed E-state index contributed by atoms with van der Waals surface area (Å²) >= 11 is 0. The molecule has 0 radical (unpaired) electrons. The molecule has 8 heteroatoms. The Balaban J connectivity index is 1.33. The Hall–Kier alpha value is -3.26. The van der Waals surface area contributed by atoms with Gasteiger partial charge >= 0.3 is 0 Å². The van der Waals surface area contributed by atoms with Crippen LogP contribution in [0.5, 0.6) is 5.75 Å². The third-order valence-electron chi connectivity index (χ3n) is 5.70. The Morgan fingerprint density at radius 3 is 2.57 bits per heavy atom. The fraction of sp³-hybridized carbons (Fsp3) is 0.364. The lowest BCUT2D eigenvalue weighted by Gasteiger charge is -2.34. The molecule has 2 aromatic rings. The van der Waals surface area contributed by atoms with Crippen molar-refractivity contribution in [2.45, 2.75) is 25.4 Å². The molecule has 3 heterocycles. The van der Waals surface area contributed by atoms with Gasteiger partial charge in [0.05, 0.1) is 13.7 Å². The van der Waals surface area contributed by atoms with E-state index in [0.717, 1.165) is 18.6 Å². The molecule has 156 valence electrons. The van der Waals surface area contributed by atoms with Crippen LogP contribution in [0.25, 0.3) is 0 Å². The number of hydrogen-bond donors (Lipinski definition) is 1. The number of H-pyrrole nitrogens is 1. The number of hydrogen-bond acceptors (Lipinski definition) is 6. The molecule has 1 atom stereocenters. The van der Waals surface area contributed by atoms with Crippen LogP contribution in [0.1, 0.15) is 29.0 Å². The molecular weight excluding hydrogens is 384 g/mol. The number of nitrogens with zero attached hydrogens (tertiary/aromatic N) is 3. The molecule has 30 heavy (non-hydrogen) atoms. The van der Waals surface area contributed by atoms with Gasteiger partial charge in [0, 0.05) is 29.9 Å². The Morgan fingerprint density at radius 1 is 1.17 bits per heavy atom. The third-order valence-corrected chi connectivity index (χ3v) is 5.70. The summed E-state index contributed by atoms with van der Waals surface area (Å²) in [4.78, 5) is 47.4. The topological polar surface area (TPSA) is 95.6 Å². The lowest BCUT2D eigenvalue weighted by molar-refractivity contribution is -0.132. The number of benzene rings is 1. The van der Waals surface area contributed by atoms with E-state index in [-0.39, 0.29) is 35.8 Å². The van der Waals surface area contributed by atoms with Gasteiger partial charge in [-0.25, -0.2) is 4.98 Å². The number of ether oxygens (including phenoxy) is 1. The number of Topliss-reactive ketones (excluding diaryl/α,β-unsaturated/α-hetero) is 1. The molecule has 2 aliphatic heterocycles. The second kappa shape index (κ2) is 8.62.